The molecule has 1 aromatic carbocycles. The summed E-state index contributed by atoms with van der Waals surface area (Å²) in [6.45, 7) is 12.0. The molecular formula is C25H30N6O. The highest BCUT2D eigenvalue weighted by atomic mass is 16.1. The molecule has 1 N–H and O–H groups in total. The van der Waals surface area contributed by atoms with Crippen LogP contribution in [-0.2, 0) is 13.1 Å². The van der Waals surface area contributed by atoms with E-state index in [-0.39, 0.29) is 11.8 Å². The van der Waals surface area contributed by atoms with Gasteiger partial charge in [-0.05, 0) is 51.3 Å². The first-order chi connectivity index (χ1) is 15.3. The Labute approximate surface area is 188 Å². The Hall–Kier alpha value is -3.48. The molecular weight excluding hydrogens is 400 g/mol. The number of aromatic nitrogens is 5. The zero-order valence-electron chi connectivity index (χ0n) is 19.4. The molecule has 1 unspecified atom stereocenters. The Bertz CT molecular complexity index is 1250. The fourth-order valence-corrected chi connectivity index (χ4v) is 4.11. The Kier molecular flexibility index (Phi) is 6.08. The molecule has 7 heteroatoms. The number of rotatable bonds is 7. The van der Waals surface area contributed by atoms with Gasteiger partial charge in [-0.25, -0.2) is 9.67 Å². The van der Waals surface area contributed by atoms with Crippen molar-refractivity contribution in [1.82, 2.24) is 29.9 Å². The fraction of sp³-hybridized carbons (Fsp3) is 0.360. The topological polar surface area (TPSA) is 77.6 Å². The van der Waals surface area contributed by atoms with Crippen molar-refractivity contribution in [1.29, 1.82) is 0 Å². The molecule has 0 aliphatic carbocycles. The van der Waals surface area contributed by atoms with Crippen molar-refractivity contribution in [3.05, 3.63) is 76.4 Å². The van der Waals surface area contributed by atoms with Gasteiger partial charge < -0.3 is 5.32 Å². The van der Waals surface area contributed by atoms with Crippen LogP contribution in [0.15, 0.2) is 42.5 Å². The lowest BCUT2D eigenvalue weighted by Gasteiger charge is -2.14. The molecule has 0 fully saturated rings. The van der Waals surface area contributed by atoms with Gasteiger partial charge in [0.25, 0.3) is 5.91 Å². The minimum Gasteiger partial charge on any atom is -0.352 e. The Morgan fingerprint density at radius 1 is 1.00 bits per heavy atom. The standard InChI is InChI=1S/C25H30N6O/c1-16(14-30-19(4)11-18(3)28-30)13-26-25(32)22-12-17(2)27-24-23(22)20(5)29-31(24)15-21-9-7-6-8-10-21/h6-12,16H,13-15H2,1-5H3,(H,26,32). The monoisotopic (exact) mass is 430 g/mol. The Balaban J connectivity index is 1.54. The van der Waals surface area contributed by atoms with Crippen molar-refractivity contribution in [2.24, 2.45) is 5.92 Å². The van der Waals surface area contributed by atoms with Crippen LogP contribution in [0.2, 0.25) is 0 Å². The molecule has 166 valence electrons. The van der Waals surface area contributed by atoms with E-state index >= 15 is 0 Å². The number of hydrogen-bond donors (Lipinski definition) is 1. The van der Waals surface area contributed by atoms with Crippen molar-refractivity contribution in [2.45, 2.75) is 47.7 Å². The molecule has 0 saturated carbocycles. The summed E-state index contributed by atoms with van der Waals surface area (Å²) in [4.78, 5) is 17.9. The second-order valence-electron chi connectivity index (χ2n) is 8.66. The first kappa shape index (κ1) is 21.7. The van der Waals surface area contributed by atoms with Gasteiger partial charge in [0.15, 0.2) is 5.65 Å². The summed E-state index contributed by atoms with van der Waals surface area (Å²) in [6, 6.07) is 14.1. The highest BCUT2D eigenvalue weighted by Gasteiger charge is 2.19. The number of hydrogen-bond acceptors (Lipinski definition) is 4. The maximum absolute atomic E-state index is 13.2. The second kappa shape index (κ2) is 8.94. The minimum atomic E-state index is -0.0944. The van der Waals surface area contributed by atoms with E-state index in [4.69, 9.17) is 10.1 Å². The molecule has 1 amide bonds. The van der Waals surface area contributed by atoms with E-state index in [0.29, 0.717) is 18.7 Å². The van der Waals surface area contributed by atoms with Gasteiger partial charge in [-0.1, -0.05) is 37.3 Å². The van der Waals surface area contributed by atoms with Gasteiger partial charge in [0.2, 0.25) is 0 Å². The van der Waals surface area contributed by atoms with Crippen LogP contribution < -0.4 is 5.32 Å². The van der Waals surface area contributed by atoms with Gasteiger partial charge >= 0.3 is 0 Å². The van der Waals surface area contributed by atoms with Crippen LogP contribution in [0, 0.1) is 33.6 Å². The number of pyridine rings is 1. The predicted octanol–water partition coefficient (Wildman–Crippen LogP) is 3.98. The van der Waals surface area contributed by atoms with E-state index in [2.05, 4.69) is 42.5 Å². The van der Waals surface area contributed by atoms with Crippen LogP contribution in [0.1, 0.15) is 45.6 Å². The fourth-order valence-electron chi connectivity index (χ4n) is 4.11. The summed E-state index contributed by atoms with van der Waals surface area (Å²) < 4.78 is 3.88. The lowest BCUT2D eigenvalue weighted by Crippen LogP contribution is -2.30. The molecule has 0 radical (unpaired) electrons. The average molecular weight is 431 g/mol. The van der Waals surface area contributed by atoms with Crippen LogP contribution in [0.5, 0.6) is 0 Å². The summed E-state index contributed by atoms with van der Waals surface area (Å²) in [7, 11) is 0. The lowest BCUT2D eigenvalue weighted by molar-refractivity contribution is 0.0948. The van der Waals surface area contributed by atoms with Crippen molar-refractivity contribution in [3.63, 3.8) is 0 Å². The molecule has 7 nitrogen and oxygen atoms in total. The molecule has 0 saturated heterocycles. The normalized spacial score (nSPS) is 12.3. The quantitative estimate of drug-likeness (QED) is 0.481. The summed E-state index contributed by atoms with van der Waals surface area (Å²) in [6.07, 6.45) is 0. The van der Waals surface area contributed by atoms with E-state index in [9.17, 15) is 4.79 Å². The van der Waals surface area contributed by atoms with Gasteiger partial charge in [-0.3, -0.25) is 9.48 Å². The van der Waals surface area contributed by atoms with E-state index in [1.165, 1.54) is 0 Å². The van der Waals surface area contributed by atoms with Crippen LogP contribution in [0.4, 0.5) is 0 Å². The van der Waals surface area contributed by atoms with E-state index < -0.39 is 0 Å². The maximum Gasteiger partial charge on any atom is 0.252 e. The highest BCUT2D eigenvalue weighted by Crippen LogP contribution is 2.23. The number of carbonyl (C=O) groups is 1. The molecule has 3 heterocycles. The van der Waals surface area contributed by atoms with Crippen molar-refractivity contribution >= 4 is 16.9 Å². The number of nitrogens with zero attached hydrogens (tertiary/aromatic N) is 5. The SMILES string of the molecule is Cc1cc(C(=O)NCC(C)Cn2nc(C)cc2C)c2c(C)nn(Cc3ccccc3)c2n1. The lowest BCUT2D eigenvalue weighted by atomic mass is 10.1. The minimum absolute atomic E-state index is 0.0944. The van der Waals surface area contributed by atoms with E-state index in [0.717, 1.165) is 45.9 Å². The maximum atomic E-state index is 13.2. The summed E-state index contributed by atoms with van der Waals surface area (Å²) >= 11 is 0. The second-order valence-corrected chi connectivity index (χ2v) is 8.66. The van der Waals surface area contributed by atoms with Crippen LogP contribution in [0.25, 0.3) is 11.0 Å². The Morgan fingerprint density at radius 2 is 1.75 bits per heavy atom. The number of fused-ring (bicyclic) bond motifs is 1. The highest BCUT2D eigenvalue weighted by molar-refractivity contribution is 6.06. The average Bonchev–Trinajstić information content (AvgIpc) is 3.23. The van der Waals surface area contributed by atoms with Gasteiger partial charge in [-0.15, -0.1) is 0 Å². The van der Waals surface area contributed by atoms with Crippen LogP contribution >= 0.6 is 0 Å². The zero-order valence-corrected chi connectivity index (χ0v) is 19.4. The van der Waals surface area contributed by atoms with Crippen LogP contribution in [-0.4, -0.2) is 37.0 Å². The molecule has 0 aliphatic heterocycles. The van der Waals surface area contributed by atoms with Crippen molar-refractivity contribution in [3.8, 4) is 0 Å². The molecule has 0 aliphatic rings. The Morgan fingerprint density at radius 3 is 2.44 bits per heavy atom. The van der Waals surface area contributed by atoms with Gasteiger partial charge in [0, 0.05) is 24.5 Å². The van der Waals surface area contributed by atoms with Crippen molar-refractivity contribution in [2.75, 3.05) is 6.54 Å². The van der Waals surface area contributed by atoms with Gasteiger partial charge in [-0.2, -0.15) is 10.2 Å². The third-order valence-corrected chi connectivity index (χ3v) is 5.62. The molecule has 4 rings (SSSR count). The smallest absolute Gasteiger partial charge is 0.252 e. The van der Waals surface area contributed by atoms with Gasteiger partial charge in [0.05, 0.1) is 28.9 Å². The number of benzene rings is 1. The summed E-state index contributed by atoms with van der Waals surface area (Å²) in [5.74, 6) is 0.153. The number of nitrogens with one attached hydrogen (secondary N) is 1. The predicted molar refractivity (Wildman–Crippen MR) is 126 cm³/mol. The molecule has 32 heavy (non-hydrogen) atoms. The van der Waals surface area contributed by atoms with Crippen LogP contribution in [0.3, 0.4) is 0 Å². The van der Waals surface area contributed by atoms with Crippen molar-refractivity contribution < 1.29 is 4.79 Å². The summed E-state index contributed by atoms with van der Waals surface area (Å²) in [5, 5.41) is 13.1. The molecule has 0 spiro atoms. The number of carbonyl (C=O) groups excluding carboxylic acids is 1. The molecule has 3 aromatic heterocycles. The molecule has 1 atom stereocenters. The number of amides is 1. The van der Waals surface area contributed by atoms with Gasteiger partial charge in [0.1, 0.15) is 0 Å². The summed E-state index contributed by atoms with van der Waals surface area (Å²) in [5.41, 5.74) is 6.26. The number of aryl methyl sites for hydroxylation is 4. The molecule has 4 aromatic rings. The first-order valence-corrected chi connectivity index (χ1v) is 11.0. The first-order valence-electron chi connectivity index (χ1n) is 11.0. The van der Waals surface area contributed by atoms with E-state index in [1.807, 2.05) is 54.4 Å². The molecule has 0 bridgehead atoms. The third kappa shape index (κ3) is 4.56. The third-order valence-electron chi connectivity index (χ3n) is 5.62. The van der Waals surface area contributed by atoms with E-state index in [1.54, 1.807) is 0 Å². The largest absolute Gasteiger partial charge is 0.352 e. The zero-order chi connectivity index (χ0) is 22.8.